The van der Waals surface area contributed by atoms with Crippen molar-refractivity contribution in [1.82, 2.24) is 10.6 Å². The van der Waals surface area contributed by atoms with Crippen LogP contribution in [0.5, 0.6) is 5.75 Å². The molecule has 1 heterocycles. The first-order valence-electron chi connectivity index (χ1n) is 10.8. The van der Waals surface area contributed by atoms with Crippen LogP contribution in [0.15, 0.2) is 58.3 Å². The normalized spacial score (nSPS) is 15.9. The Bertz CT molecular complexity index is 1110. The van der Waals surface area contributed by atoms with Crippen molar-refractivity contribution in [3.8, 4) is 5.75 Å². The lowest BCUT2D eigenvalue weighted by Crippen LogP contribution is -2.45. The van der Waals surface area contributed by atoms with Crippen LogP contribution >= 0.6 is 0 Å². The summed E-state index contributed by atoms with van der Waals surface area (Å²) in [5.41, 5.74) is 1.36. The second-order valence-corrected chi connectivity index (χ2v) is 10.1. The van der Waals surface area contributed by atoms with Gasteiger partial charge in [-0.15, -0.1) is 0 Å². The van der Waals surface area contributed by atoms with Gasteiger partial charge in [-0.25, -0.2) is 13.8 Å². The quantitative estimate of drug-likeness (QED) is 0.552. The number of amides is 1. The highest BCUT2D eigenvalue weighted by atomic mass is 32.2. The molecule has 8 nitrogen and oxygen atoms in total. The second kappa shape index (κ2) is 10.7. The van der Waals surface area contributed by atoms with Crippen molar-refractivity contribution in [1.29, 1.82) is 0 Å². The molecule has 9 heteroatoms. The fourth-order valence-electron chi connectivity index (χ4n) is 3.54. The Kier molecular flexibility index (Phi) is 7.98. The summed E-state index contributed by atoms with van der Waals surface area (Å²) in [7, 11) is 1.07. The monoisotopic (exact) mass is 486 g/mol. The fourth-order valence-corrected chi connectivity index (χ4v) is 4.91. The van der Waals surface area contributed by atoms with Crippen molar-refractivity contribution in [2.45, 2.75) is 43.7 Å². The van der Waals surface area contributed by atoms with Gasteiger partial charge in [0.2, 0.25) is 0 Å². The number of fused-ring (bicyclic) bond motifs is 1. The Balaban J connectivity index is 1.89. The maximum absolute atomic E-state index is 13.1. The average molecular weight is 487 g/mol. The molecule has 2 aromatic carbocycles. The van der Waals surface area contributed by atoms with Crippen LogP contribution in [-0.2, 0) is 31.5 Å². The number of hydrogen-bond donors (Lipinski definition) is 2. The summed E-state index contributed by atoms with van der Waals surface area (Å²) in [5.74, 6) is -0.121. The van der Waals surface area contributed by atoms with Crippen LogP contribution in [0, 0.1) is 0 Å². The van der Waals surface area contributed by atoms with Gasteiger partial charge in [0.25, 0.3) is 0 Å². The molecule has 3 rings (SSSR count). The third kappa shape index (κ3) is 6.17. The van der Waals surface area contributed by atoms with Gasteiger partial charge in [-0.1, -0.05) is 30.3 Å². The summed E-state index contributed by atoms with van der Waals surface area (Å²) < 4.78 is 28.7. The Morgan fingerprint density at radius 2 is 1.76 bits per heavy atom. The van der Waals surface area contributed by atoms with Gasteiger partial charge < -0.3 is 24.8 Å². The van der Waals surface area contributed by atoms with Crippen molar-refractivity contribution < 1.29 is 28.0 Å². The molecule has 0 radical (unpaired) electrons. The molecule has 182 valence electrons. The Labute approximate surface area is 202 Å². The van der Waals surface area contributed by atoms with Gasteiger partial charge in [0.1, 0.15) is 11.4 Å². The van der Waals surface area contributed by atoms with Gasteiger partial charge in [0.15, 0.2) is 4.91 Å². The molecule has 34 heavy (non-hydrogen) atoms. The lowest BCUT2D eigenvalue weighted by Gasteiger charge is -2.24. The van der Waals surface area contributed by atoms with E-state index in [9.17, 15) is 13.8 Å². The van der Waals surface area contributed by atoms with E-state index >= 15 is 0 Å². The van der Waals surface area contributed by atoms with E-state index in [2.05, 4.69) is 10.6 Å². The van der Waals surface area contributed by atoms with Crippen LogP contribution in [-0.4, -0.2) is 48.7 Å². The molecule has 1 unspecified atom stereocenters. The minimum absolute atomic E-state index is 0.0292. The highest BCUT2D eigenvalue weighted by Gasteiger charge is 2.35. The van der Waals surface area contributed by atoms with E-state index in [0.717, 1.165) is 5.56 Å². The number of carbonyl (C=O) groups is 2. The summed E-state index contributed by atoms with van der Waals surface area (Å²) in [5, 5.41) is 6.13. The van der Waals surface area contributed by atoms with E-state index < -0.39 is 28.5 Å². The molecule has 2 N–H and O–H groups in total. The Morgan fingerprint density at radius 3 is 2.38 bits per heavy atom. The van der Waals surface area contributed by atoms with Crippen LogP contribution in [0.3, 0.4) is 0 Å². The highest BCUT2D eigenvalue weighted by Crippen LogP contribution is 2.37. The van der Waals surface area contributed by atoms with Gasteiger partial charge in [0, 0.05) is 12.1 Å². The van der Waals surface area contributed by atoms with E-state index in [1.807, 2.05) is 30.3 Å². The third-order valence-corrected chi connectivity index (χ3v) is 6.51. The second-order valence-electron chi connectivity index (χ2n) is 8.74. The molecule has 2 aromatic rings. The van der Waals surface area contributed by atoms with Crippen LogP contribution in [0.25, 0.3) is 5.70 Å². The van der Waals surface area contributed by atoms with E-state index in [4.69, 9.17) is 14.2 Å². The standard InChI is InChI=1S/C25H30N2O6S/c1-25(2,3)33-24(29)27-17(13-16-9-7-6-8-10-16)15-26-21-19-14-18(31-4)11-12-20(19)34(30)22(21)23(28)32-5/h6-12,14,17,26H,13,15H2,1-5H3,(H,27,29)/t17-,34?/m0/s1. The first kappa shape index (κ1) is 25.3. The Hall–Kier alpha value is -3.33. The lowest BCUT2D eigenvalue weighted by atomic mass is 10.1. The number of nitrogens with one attached hydrogen (secondary N) is 2. The highest BCUT2D eigenvalue weighted by molar-refractivity contribution is 7.90. The minimum Gasteiger partial charge on any atom is -0.497 e. The molecule has 1 amide bonds. The molecule has 1 aliphatic rings. The van der Waals surface area contributed by atoms with E-state index in [-0.39, 0.29) is 17.5 Å². The number of benzene rings is 2. The van der Waals surface area contributed by atoms with Crippen molar-refractivity contribution in [2.75, 3.05) is 20.8 Å². The summed E-state index contributed by atoms with van der Waals surface area (Å²) in [6.45, 7) is 5.63. The van der Waals surface area contributed by atoms with Gasteiger partial charge in [-0.2, -0.15) is 0 Å². The van der Waals surface area contributed by atoms with Crippen LogP contribution in [0.2, 0.25) is 0 Å². The topological polar surface area (TPSA) is 103 Å². The van der Waals surface area contributed by atoms with Gasteiger partial charge in [-0.05, 0) is 51.0 Å². The van der Waals surface area contributed by atoms with Crippen LogP contribution in [0.1, 0.15) is 31.9 Å². The number of esters is 1. The predicted molar refractivity (Wildman–Crippen MR) is 130 cm³/mol. The van der Waals surface area contributed by atoms with Crippen molar-refractivity contribution in [3.63, 3.8) is 0 Å². The maximum atomic E-state index is 13.1. The van der Waals surface area contributed by atoms with Crippen molar-refractivity contribution in [3.05, 3.63) is 64.6 Å². The molecule has 0 saturated heterocycles. The van der Waals surface area contributed by atoms with Crippen LogP contribution in [0.4, 0.5) is 4.79 Å². The molecule has 0 aliphatic carbocycles. The molecule has 0 aromatic heterocycles. The zero-order valence-corrected chi connectivity index (χ0v) is 20.8. The number of ether oxygens (including phenoxy) is 3. The van der Waals surface area contributed by atoms with Crippen molar-refractivity contribution >= 4 is 28.6 Å². The van der Waals surface area contributed by atoms with E-state index in [1.54, 1.807) is 39.0 Å². The first-order valence-corrected chi connectivity index (χ1v) is 12.0. The number of hydrogen-bond acceptors (Lipinski definition) is 7. The summed E-state index contributed by atoms with van der Waals surface area (Å²) in [6, 6.07) is 14.4. The summed E-state index contributed by atoms with van der Waals surface area (Å²) in [6.07, 6.45) is -0.0309. The molecule has 0 saturated carbocycles. The van der Waals surface area contributed by atoms with Crippen molar-refractivity contribution in [2.24, 2.45) is 0 Å². The molecular weight excluding hydrogens is 456 g/mol. The maximum Gasteiger partial charge on any atom is 0.407 e. The number of carbonyl (C=O) groups excluding carboxylic acids is 2. The number of rotatable bonds is 8. The third-order valence-electron chi connectivity index (χ3n) is 5.01. The SMILES string of the molecule is COC(=O)C1=C(NC[C@H](Cc2ccccc2)NC(=O)OC(C)(C)C)c2cc(OC)ccc2S1=O. The molecule has 0 bridgehead atoms. The molecule has 1 aliphatic heterocycles. The molecule has 0 fully saturated rings. The first-order chi connectivity index (χ1) is 16.1. The molecule has 2 atom stereocenters. The number of methoxy groups -OCH3 is 2. The number of alkyl carbamates (subject to hydrolysis) is 1. The Morgan fingerprint density at radius 1 is 1.06 bits per heavy atom. The van der Waals surface area contributed by atoms with Gasteiger partial charge in [-0.3, -0.25) is 0 Å². The fraction of sp³-hybridized carbons (Fsp3) is 0.360. The molecule has 0 spiro atoms. The smallest absolute Gasteiger partial charge is 0.407 e. The van der Waals surface area contributed by atoms with E-state index in [0.29, 0.717) is 28.3 Å². The summed E-state index contributed by atoms with van der Waals surface area (Å²) in [4.78, 5) is 25.5. The minimum atomic E-state index is -1.71. The van der Waals surface area contributed by atoms with Gasteiger partial charge in [0.05, 0.1) is 41.7 Å². The zero-order chi connectivity index (χ0) is 24.9. The largest absolute Gasteiger partial charge is 0.497 e. The molecular formula is C25H30N2O6S. The van der Waals surface area contributed by atoms with E-state index in [1.165, 1.54) is 14.2 Å². The predicted octanol–water partition coefficient (Wildman–Crippen LogP) is 3.38. The summed E-state index contributed by atoms with van der Waals surface area (Å²) >= 11 is 0. The van der Waals surface area contributed by atoms with Crippen LogP contribution < -0.4 is 15.4 Å². The lowest BCUT2D eigenvalue weighted by molar-refractivity contribution is -0.135. The zero-order valence-electron chi connectivity index (χ0n) is 20.0. The van der Waals surface area contributed by atoms with Gasteiger partial charge >= 0.3 is 12.1 Å². The average Bonchev–Trinajstić information content (AvgIpc) is 3.07.